The third-order valence-electron chi connectivity index (χ3n) is 4.10. The second-order valence-electron chi connectivity index (χ2n) is 5.52. The molecule has 0 aromatic rings. The first kappa shape index (κ1) is 15.7. The van der Waals surface area contributed by atoms with Crippen molar-refractivity contribution >= 4 is 5.91 Å². The summed E-state index contributed by atoms with van der Waals surface area (Å²) in [6.45, 7) is 6.75. The minimum atomic E-state index is 0.192. The molecular weight excluding hydrogens is 258 g/mol. The summed E-state index contributed by atoms with van der Waals surface area (Å²) < 4.78 is 5.77. The smallest absolute Gasteiger partial charge is 0.224 e. The number of aliphatic hydroxyl groups excluding tert-OH is 1. The van der Waals surface area contributed by atoms with Crippen LogP contribution in [-0.4, -0.2) is 85.9 Å². The Morgan fingerprint density at radius 3 is 2.55 bits per heavy atom. The molecule has 2 aliphatic heterocycles. The highest BCUT2D eigenvalue weighted by Gasteiger charge is 2.21. The molecule has 6 nitrogen and oxygen atoms in total. The van der Waals surface area contributed by atoms with E-state index in [0.717, 1.165) is 52.1 Å². The number of piperazine rings is 1. The van der Waals surface area contributed by atoms with E-state index in [-0.39, 0.29) is 12.5 Å². The Morgan fingerprint density at radius 2 is 1.90 bits per heavy atom. The van der Waals surface area contributed by atoms with Gasteiger partial charge in [-0.05, 0) is 25.9 Å². The fourth-order valence-corrected chi connectivity index (χ4v) is 2.80. The quantitative estimate of drug-likeness (QED) is 0.674. The molecule has 0 saturated carbocycles. The van der Waals surface area contributed by atoms with E-state index in [1.807, 2.05) is 4.90 Å². The summed E-state index contributed by atoms with van der Waals surface area (Å²) in [7, 11) is 0. The molecule has 2 N–H and O–H groups in total. The van der Waals surface area contributed by atoms with E-state index >= 15 is 0 Å². The van der Waals surface area contributed by atoms with Gasteiger partial charge in [0, 0.05) is 32.7 Å². The van der Waals surface area contributed by atoms with Crippen LogP contribution in [0.3, 0.4) is 0 Å². The topological polar surface area (TPSA) is 65.0 Å². The van der Waals surface area contributed by atoms with Gasteiger partial charge in [0.05, 0.1) is 25.7 Å². The van der Waals surface area contributed by atoms with Crippen LogP contribution in [0.4, 0.5) is 0 Å². The number of ether oxygens (including phenoxy) is 1. The van der Waals surface area contributed by atoms with Gasteiger partial charge in [0.2, 0.25) is 5.91 Å². The van der Waals surface area contributed by atoms with Crippen LogP contribution in [0.25, 0.3) is 0 Å². The minimum absolute atomic E-state index is 0.192. The first-order valence-electron chi connectivity index (χ1n) is 7.73. The second-order valence-corrected chi connectivity index (χ2v) is 5.52. The van der Waals surface area contributed by atoms with Crippen LogP contribution in [0.1, 0.15) is 19.3 Å². The number of hydrogen-bond acceptors (Lipinski definition) is 5. The monoisotopic (exact) mass is 285 g/mol. The van der Waals surface area contributed by atoms with E-state index in [0.29, 0.717) is 25.7 Å². The molecule has 2 rings (SSSR count). The largest absolute Gasteiger partial charge is 0.395 e. The molecule has 0 bridgehead atoms. The minimum Gasteiger partial charge on any atom is -0.395 e. The van der Waals surface area contributed by atoms with E-state index in [1.54, 1.807) is 0 Å². The molecule has 2 heterocycles. The fraction of sp³-hybridized carbons (Fsp3) is 0.929. The summed E-state index contributed by atoms with van der Waals surface area (Å²) in [5.41, 5.74) is 0. The maximum atomic E-state index is 12.1. The third kappa shape index (κ3) is 5.01. The average Bonchev–Trinajstić information content (AvgIpc) is 2.49. The highest BCUT2D eigenvalue weighted by atomic mass is 16.5. The molecule has 0 atom stereocenters. The van der Waals surface area contributed by atoms with Crippen molar-refractivity contribution in [1.82, 2.24) is 15.1 Å². The maximum Gasteiger partial charge on any atom is 0.224 e. The average molecular weight is 285 g/mol. The molecule has 0 aromatic heterocycles. The number of β-amino-alcohol motifs (C(OH)–C–C–N with tert-alkyl or cyclic N) is 1. The summed E-state index contributed by atoms with van der Waals surface area (Å²) in [5.74, 6) is 0.197. The van der Waals surface area contributed by atoms with Gasteiger partial charge >= 0.3 is 0 Å². The summed E-state index contributed by atoms with van der Waals surface area (Å²) >= 11 is 0. The molecule has 2 saturated heterocycles. The number of rotatable bonds is 6. The predicted molar refractivity (Wildman–Crippen MR) is 76.6 cm³/mol. The van der Waals surface area contributed by atoms with Crippen molar-refractivity contribution < 1.29 is 14.6 Å². The van der Waals surface area contributed by atoms with Crippen LogP contribution in [0.5, 0.6) is 0 Å². The SMILES string of the molecule is O=C(CCOC1CCNCC1)N1CCN(CCO)CC1. The molecule has 2 aliphatic rings. The van der Waals surface area contributed by atoms with Gasteiger partial charge in [-0.15, -0.1) is 0 Å². The lowest BCUT2D eigenvalue weighted by Gasteiger charge is -2.34. The highest BCUT2D eigenvalue weighted by molar-refractivity contribution is 5.76. The van der Waals surface area contributed by atoms with Crippen LogP contribution in [0, 0.1) is 0 Å². The molecular formula is C14H27N3O3. The number of aliphatic hydroxyl groups is 1. The predicted octanol–water partition coefficient (Wildman–Crippen LogP) is -0.718. The van der Waals surface area contributed by atoms with Crippen molar-refractivity contribution in [1.29, 1.82) is 0 Å². The van der Waals surface area contributed by atoms with Gasteiger partial charge in [-0.1, -0.05) is 0 Å². The van der Waals surface area contributed by atoms with Crippen molar-refractivity contribution in [3.63, 3.8) is 0 Å². The number of piperidine rings is 1. The van der Waals surface area contributed by atoms with Gasteiger partial charge in [-0.2, -0.15) is 0 Å². The van der Waals surface area contributed by atoms with Gasteiger partial charge in [0.1, 0.15) is 0 Å². The fourth-order valence-electron chi connectivity index (χ4n) is 2.80. The Morgan fingerprint density at radius 1 is 1.20 bits per heavy atom. The Hall–Kier alpha value is -0.690. The number of nitrogens with one attached hydrogen (secondary N) is 1. The van der Waals surface area contributed by atoms with Crippen molar-refractivity contribution in [2.24, 2.45) is 0 Å². The number of amides is 1. The van der Waals surface area contributed by atoms with Gasteiger partial charge < -0.3 is 20.1 Å². The van der Waals surface area contributed by atoms with Crippen molar-refractivity contribution in [2.45, 2.75) is 25.4 Å². The molecule has 2 fully saturated rings. The van der Waals surface area contributed by atoms with E-state index in [1.165, 1.54) is 0 Å². The van der Waals surface area contributed by atoms with Crippen LogP contribution in [0.2, 0.25) is 0 Å². The Bertz CT molecular complexity index is 287. The van der Waals surface area contributed by atoms with E-state index in [4.69, 9.17) is 9.84 Å². The third-order valence-corrected chi connectivity index (χ3v) is 4.10. The molecule has 0 unspecified atom stereocenters. The van der Waals surface area contributed by atoms with Crippen LogP contribution < -0.4 is 5.32 Å². The number of nitrogens with zero attached hydrogens (tertiary/aromatic N) is 2. The van der Waals surface area contributed by atoms with Gasteiger partial charge in [-0.3, -0.25) is 9.69 Å². The maximum absolute atomic E-state index is 12.1. The zero-order valence-corrected chi connectivity index (χ0v) is 12.2. The highest BCUT2D eigenvalue weighted by Crippen LogP contribution is 2.09. The zero-order chi connectivity index (χ0) is 14.2. The van der Waals surface area contributed by atoms with Crippen LogP contribution >= 0.6 is 0 Å². The summed E-state index contributed by atoms with van der Waals surface area (Å²) in [5, 5.41) is 12.2. The van der Waals surface area contributed by atoms with E-state index < -0.39 is 0 Å². The van der Waals surface area contributed by atoms with E-state index in [9.17, 15) is 4.79 Å². The summed E-state index contributed by atoms with van der Waals surface area (Å²) in [4.78, 5) is 16.2. The normalized spacial score (nSPS) is 22.1. The first-order chi connectivity index (χ1) is 9.79. The van der Waals surface area contributed by atoms with Crippen molar-refractivity contribution in [3.8, 4) is 0 Å². The molecule has 116 valence electrons. The van der Waals surface area contributed by atoms with Gasteiger partial charge in [0.25, 0.3) is 0 Å². The Labute approximate surface area is 121 Å². The number of carbonyl (C=O) groups is 1. The van der Waals surface area contributed by atoms with Crippen LogP contribution in [0.15, 0.2) is 0 Å². The lowest BCUT2D eigenvalue weighted by atomic mass is 10.1. The standard InChI is InChI=1S/C14H27N3O3/c18-11-10-16-6-8-17(9-7-16)14(19)3-12-20-13-1-4-15-5-2-13/h13,15,18H,1-12H2. The second kappa shape index (κ2) is 8.56. The Kier molecular flexibility index (Phi) is 6.72. The zero-order valence-electron chi connectivity index (χ0n) is 12.2. The molecule has 6 heteroatoms. The summed E-state index contributed by atoms with van der Waals surface area (Å²) in [6, 6.07) is 0. The van der Waals surface area contributed by atoms with Gasteiger partial charge in [-0.25, -0.2) is 0 Å². The molecule has 0 aromatic carbocycles. The molecule has 0 radical (unpaired) electrons. The summed E-state index contributed by atoms with van der Waals surface area (Å²) in [6.07, 6.45) is 2.91. The van der Waals surface area contributed by atoms with Crippen molar-refractivity contribution in [3.05, 3.63) is 0 Å². The van der Waals surface area contributed by atoms with E-state index in [2.05, 4.69) is 10.2 Å². The number of hydrogen-bond donors (Lipinski definition) is 2. The molecule has 0 aliphatic carbocycles. The molecule has 20 heavy (non-hydrogen) atoms. The number of carbonyl (C=O) groups excluding carboxylic acids is 1. The molecule has 0 spiro atoms. The Balaban J connectivity index is 1.58. The lowest BCUT2D eigenvalue weighted by Crippen LogP contribution is -2.49. The van der Waals surface area contributed by atoms with Crippen LogP contribution in [-0.2, 0) is 9.53 Å². The first-order valence-corrected chi connectivity index (χ1v) is 7.73. The van der Waals surface area contributed by atoms with Crippen molar-refractivity contribution in [2.75, 3.05) is 59.0 Å². The molecule has 1 amide bonds. The van der Waals surface area contributed by atoms with Gasteiger partial charge in [0.15, 0.2) is 0 Å². The lowest BCUT2D eigenvalue weighted by molar-refractivity contribution is -0.134.